The molecule has 0 aromatic heterocycles. The van der Waals surface area contributed by atoms with Gasteiger partial charge in [0.2, 0.25) is 0 Å². The van der Waals surface area contributed by atoms with Gasteiger partial charge in [-0.3, -0.25) is 0 Å². The summed E-state index contributed by atoms with van der Waals surface area (Å²) in [5, 5.41) is 36.4. The van der Waals surface area contributed by atoms with Gasteiger partial charge in [0.25, 0.3) is 0 Å². The van der Waals surface area contributed by atoms with Gasteiger partial charge in [0.05, 0.1) is 25.4 Å². The molecule has 0 spiro atoms. The van der Waals surface area contributed by atoms with Crippen LogP contribution in [0.15, 0.2) is 12.3 Å². The van der Waals surface area contributed by atoms with Crippen LogP contribution >= 0.6 is 0 Å². The Balaban J connectivity index is 4.10. The van der Waals surface area contributed by atoms with Crippen LogP contribution in [0.4, 0.5) is 0 Å². The van der Waals surface area contributed by atoms with Crippen molar-refractivity contribution in [3.05, 3.63) is 12.3 Å². The first kappa shape index (κ1) is 17.4. The standard InChI is InChI=1S/C13H27NO4/c1-2-3-4-5-6-7-14(8-12(17)10-15)9-13(18)11-16/h6-7,12-13,15-18H,2-5,8-11H2,1H3/b7-6-. The van der Waals surface area contributed by atoms with E-state index in [1.54, 1.807) is 4.90 Å². The summed E-state index contributed by atoms with van der Waals surface area (Å²) in [6.45, 7) is 2.02. The molecule has 0 bridgehead atoms. The average Bonchev–Trinajstić information content (AvgIpc) is 2.37. The summed E-state index contributed by atoms with van der Waals surface area (Å²) in [6.07, 6.45) is 6.55. The highest BCUT2D eigenvalue weighted by molar-refractivity contribution is 4.85. The van der Waals surface area contributed by atoms with Gasteiger partial charge in [-0.2, -0.15) is 0 Å². The Kier molecular flexibility index (Phi) is 11.1. The molecule has 4 N–H and O–H groups in total. The van der Waals surface area contributed by atoms with Crippen LogP contribution in [0.25, 0.3) is 0 Å². The molecule has 0 aromatic rings. The van der Waals surface area contributed by atoms with Gasteiger partial charge in [0.1, 0.15) is 0 Å². The van der Waals surface area contributed by atoms with Crippen LogP contribution in [0.2, 0.25) is 0 Å². The van der Waals surface area contributed by atoms with Gasteiger partial charge in [-0.15, -0.1) is 0 Å². The van der Waals surface area contributed by atoms with E-state index in [-0.39, 0.29) is 26.3 Å². The van der Waals surface area contributed by atoms with E-state index >= 15 is 0 Å². The molecule has 0 amide bonds. The Morgan fingerprint density at radius 1 is 1.00 bits per heavy atom. The summed E-state index contributed by atoms with van der Waals surface area (Å²) < 4.78 is 0. The van der Waals surface area contributed by atoms with Crippen molar-refractivity contribution >= 4 is 0 Å². The van der Waals surface area contributed by atoms with Gasteiger partial charge in [0, 0.05) is 13.1 Å². The number of hydrogen-bond donors (Lipinski definition) is 4. The zero-order valence-electron chi connectivity index (χ0n) is 11.2. The van der Waals surface area contributed by atoms with Crippen molar-refractivity contribution in [2.24, 2.45) is 0 Å². The maximum Gasteiger partial charge on any atom is 0.0945 e. The Hall–Kier alpha value is -0.620. The van der Waals surface area contributed by atoms with Crippen molar-refractivity contribution in [2.45, 2.75) is 44.8 Å². The van der Waals surface area contributed by atoms with Crippen molar-refractivity contribution in [1.29, 1.82) is 0 Å². The summed E-state index contributed by atoms with van der Waals surface area (Å²) in [5.41, 5.74) is 0. The monoisotopic (exact) mass is 261 g/mol. The Labute approximate surface area is 109 Å². The van der Waals surface area contributed by atoms with Gasteiger partial charge in [-0.05, 0) is 19.0 Å². The SMILES string of the molecule is CCCCC/C=C\N(CC(O)CO)CC(O)CO. The smallest absolute Gasteiger partial charge is 0.0945 e. The highest BCUT2D eigenvalue weighted by Crippen LogP contribution is 2.02. The first-order valence-electron chi connectivity index (χ1n) is 6.62. The molecule has 0 aliphatic heterocycles. The largest absolute Gasteiger partial charge is 0.394 e. The zero-order valence-corrected chi connectivity index (χ0v) is 11.2. The number of allylic oxidation sites excluding steroid dienone is 1. The maximum atomic E-state index is 9.39. The lowest BCUT2D eigenvalue weighted by molar-refractivity contribution is 0.0393. The third-order valence-corrected chi connectivity index (χ3v) is 2.60. The molecule has 0 saturated heterocycles. The Bertz CT molecular complexity index is 199. The second-order valence-corrected chi connectivity index (χ2v) is 4.51. The lowest BCUT2D eigenvalue weighted by Gasteiger charge is -2.24. The fourth-order valence-corrected chi connectivity index (χ4v) is 1.59. The first-order chi connectivity index (χ1) is 8.63. The molecule has 0 radical (unpaired) electrons. The van der Waals surface area contributed by atoms with E-state index in [2.05, 4.69) is 6.92 Å². The normalized spacial score (nSPS) is 14.9. The van der Waals surface area contributed by atoms with Crippen molar-refractivity contribution in [3.8, 4) is 0 Å². The van der Waals surface area contributed by atoms with Crippen LogP contribution in [-0.2, 0) is 0 Å². The van der Waals surface area contributed by atoms with Crippen molar-refractivity contribution in [2.75, 3.05) is 26.3 Å². The highest BCUT2D eigenvalue weighted by atomic mass is 16.3. The fourth-order valence-electron chi connectivity index (χ4n) is 1.59. The molecule has 0 aliphatic carbocycles. The number of nitrogens with zero attached hydrogens (tertiary/aromatic N) is 1. The number of aliphatic hydroxyl groups excluding tert-OH is 4. The molecule has 0 aliphatic rings. The van der Waals surface area contributed by atoms with Crippen LogP contribution in [0, 0.1) is 0 Å². The molecule has 0 aromatic carbocycles. The molecular formula is C13H27NO4. The van der Waals surface area contributed by atoms with E-state index in [1.165, 1.54) is 12.8 Å². The Morgan fingerprint density at radius 2 is 1.56 bits per heavy atom. The molecule has 0 fully saturated rings. The molecule has 0 heterocycles. The molecule has 0 saturated carbocycles. The van der Waals surface area contributed by atoms with E-state index in [4.69, 9.17) is 10.2 Å². The summed E-state index contributed by atoms with van der Waals surface area (Å²) in [5.74, 6) is 0. The second-order valence-electron chi connectivity index (χ2n) is 4.51. The Morgan fingerprint density at radius 3 is 2.00 bits per heavy atom. The minimum absolute atomic E-state index is 0.248. The van der Waals surface area contributed by atoms with Crippen molar-refractivity contribution in [1.82, 2.24) is 4.90 Å². The molecule has 5 heteroatoms. The topological polar surface area (TPSA) is 84.2 Å². The number of unbranched alkanes of at least 4 members (excludes halogenated alkanes) is 3. The molecule has 18 heavy (non-hydrogen) atoms. The summed E-state index contributed by atoms with van der Waals surface area (Å²) in [7, 11) is 0. The van der Waals surface area contributed by atoms with Gasteiger partial charge in [-0.25, -0.2) is 0 Å². The number of hydrogen-bond acceptors (Lipinski definition) is 5. The summed E-state index contributed by atoms with van der Waals surface area (Å²) in [6, 6.07) is 0. The quantitative estimate of drug-likeness (QED) is 0.396. The lowest BCUT2D eigenvalue weighted by Crippen LogP contribution is -2.37. The van der Waals surface area contributed by atoms with Crippen LogP contribution in [0.5, 0.6) is 0 Å². The number of aliphatic hydroxyl groups is 4. The molecule has 108 valence electrons. The molecular weight excluding hydrogens is 234 g/mol. The third-order valence-electron chi connectivity index (χ3n) is 2.60. The lowest BCUT2D eigenvalue weighted by atomic mass is 10.2. The average molecular weight is 261 g/mol. The van der Waals surface area contributed by atoms with Crippen LogP contribution in [0.1, 0.15) is 32.6 Å². The number of rotatable bonds is 11. The highest BCUT2D eigenvalue weighted by Gasteiger charge is 2.11. The van der Waals surface area contributed by atoms with Crippen LogP contribution in [-0.4, -0.2) is 63.8 Å². The first-order valence-corrected chi connectivity index (χ1v) is 6.62. The predicted molar refractivity (Wildman–Crippen MR) is 71.0 cm³/mol. The molecule has 5 nitrogen and oxygen atoms in total. The molecule has 2 unspecified atom stereocenters. The third kappa shape index (κ3) is 9.41. The predicted octanol–water partition coefficient (Wildman–Crippen LogP) is 0.0888. The van der Waals surface area contributed by atoms with Gasteiger partial charge in [0.15, 0.2) is 0 Å². The van der Waals surface area contributed by atoms with E-state index < -0.39 is 12.2 Å². The van der Waals surface area contributed by atoms with Crippen LogP contribution in [0.3, 0.4) is 0 Å². The van der Waals surface area contributed by atoms with Crippen molar-refractivity contribution < 1.29 is 20.4 Å². The second kappa shape index (κ2) is 11.5. The minimum atomic E-state index is -0.837. The molecule has 2 atom stereocenters. The zero-order chi connectivity index (χ0) is 13.8. The van der Waals surface area contributed by atoms with Gasteiger partial charge < -0.3 is 25.3 Å². The van der Waals surface area contributed by atoms with Crippen molar-refractivity contribution in [3.63, 3.8) is 0 Å². The minimum Gasteiger partial charge on any atom is -0.394 e. The van der Waals surface area contributed by atoms with Gasteiger partial charge >= 0.3 is 0 Å². The van der Waals surface area contributed by atoms with Gasteiger partial charge in [-0.1, -0.05) is 25.8 Å². The summed E-state index contributed by atoms with van der Waals surface area (Å²) in [4.78, 5) is 1.72. The van der Waals surface area contributed by atoms with E-state index in [9.17, 15) is 10.2 Å². The van der Waals surface area contributed by atoms with E-state index in [0.717, 1.165) is 12.8 Å². The summed E-state index contributed by atoms with van der Waals surface area (Å²) >= 11 is 0. The van der Waals surface area contributed by atoms with E-state index in [0.29, 0.717) is 0 Å². The maximum absolute atomic E-state index is 9.39. The molecule has 0 rings (SSSR count). The van der Waals surface area contributed by atoms with Crippen LogP contribution < -0.4 is 0 Å². The van der Waals surface area contributed by atoms with E-state index in [1.807, 2.05) is 12.3 Å². The fraction of sp³-hybridized carbons (Fsp3) is 0.846.